The minimum atomic E-state index is -3.73. The lowest BCUT2D eigenvalue weighted by Crippen LogP contribution is -2.22. The van der Waals surface area contributed by atoms with Crippen LogP contribution in [0.15, 0.2) is 46.1 Å². The van der Waals surface area contributed by atoms with Crippen LogP contribution in [0.1, 0.15) is 18.1 Å². The lowest BCUT2D eigenvalue weighted by molar-refractivity contribution is 0.393. The van der Waals surface area contributed by atoms with E-state index in [9.17, 15) is 18.3 Å². The molecule has 21 heavy (non-hydrogen) atoms. The first-order chi connectivity index (χ1) is 9.86. The Bertz CT molecular complexity index is 808. The highest BCUT2D eigenvalue weighted by molar-refractivity contribution is 7.90. The number of hydrogen-bond donors (Lipinski definition) is 1. The largest absolute Gasteiger partial charge is 0.493 e. The quantitative estimate of drug-likeness (QED) is 0.935. The van der Waals surface area contributed by atoms with Crippen molar-refractivity contribution in [2.45, 2.75) is 31.0 Å². The Kier molecular flexibility index (Phi) is 4.18. The third kappa shape index (κ3) is 3.00. The summed E-state index contributed by atoms with van der Waals surface area (Å²) in [5.74, 6) is -0.706. The molecular weight excluding hydrogens is 290 g/mol. The Labute approximate surface area is 123 Å². The lowest BCUT2D eigenvalue weighted by Gasteiger charge is -2.13. The van der Waals surface area contributed by atoms with Crippen molar-refractivity contribution in [3.63, 3.8) is 0 Å². The Morgan fingerprint density at radius 2 is 1.81 bits per heavy atom. The van der Waals surface area contributed by atoms with Crippen molar-refractivity contribution in [2.24, 2.45) is 0 Å². The summed E-state index contributed by atoms with van der Waals surface area (Å²) in [5, 5.41) is 10.1. The van der Waals surface area contributed by atoms with Gasteiger partial charge in [-0.15, -0.1) is 0 Å². The van der Waals surface area contributed by atoms with Gasteiger partial charge in [-0.25, -0.2) is 8.42 Å². The van der Waals surface area contributed by atoms with E-state index in [1.165, 1.54) is 13.0 Å². The molecule has 1 heterocycles. The predicted molar refractivity (Wildman–Crippen MR) is 80.1 cm³/mol. The van der Waals surface area contributed by atoms with Crippen molar-refractivity contribution < 1.29 is 13.5 Å². The van der Waals surface area contributed by atoms with Gasteiger partial charge in [0.25, 0.3) is 5.56 Å². The molecule has 0 bridgehead atoms. The van der Waals surface area contributed by atoms with Gasteiger partial charge < -0.3 is 5.11 Å². The molecule has 112 valence electrons. The van der Waals surface area contributed by atoms with Crippen LogP contribution in [0.4, 0.5) is 0 Å². The minimum Gasteiger partial charge on any atom is -0.493 e. The molecule has 0 aliphatic carbocycles. The second-order valence-electron chi connectivity index (χ2n) is 4.81. The third-order valence-corrected chi connectivity index (χ3v) is 5.09. The molecule has 6 heteroatoms. The van der Waals surface area contributed by atoms with Gasteiger partial charge in [-0.05, 0) is 25.0 Å². The summed E-state index contributed by atoms with van der Waals surface area (Å²) < 4.78 is 26.1. The van der Waals surface area contributed by atoms with Crippen LogP contribution in [0, 0.1) is 6.92 Å². The zero-order valence-corrected chi connectivity index (χ0v) is 12.7. The summed E-state index contributed by atoms with van der Waals surface area (Å²) in [6, 6.07) is 9.96. The molecule has 0 spiro atoms. The summed E-state index contributed by atoms with van der Waals surface area (Å²) in [5.41, 5.74) is 0.481. The predicted octanol–water partition coefficient (Wildman–Crippen LogP) is 1.86. The monoisotopic (exact) mass is 307 g/mol. The van der Waals surface area contributed by atoms with Crippen LogP contribution in [-0.2, 0) is 22.1 Å². The standard InChI is InChI=1S/C15H17NO4S/c1-3-16-13(17)9-11(2)14(15(16)18)21(19,20)10-12-7-5-4-6-8-12/h4-9,18H,3,10H2,1-2H3. The number of aryl methyl sites for hydroxylation is 1. The number of aromatic hydroxyl groups is 1. The normalized spacial score (nSPS) is 11.5. The average Bonchev–Trinajstić information content (AvgIpc) is 2.38. The molecule has 0 unspecified atom stereocenters. The summed E-state index contributed by atoms with van der Waals surface area (Å²) in [4.78, 5) is 11.6. The Hall–Kier alpha value is -2.08. The summed E-state index contributed by atoms with van der Waals surface area (Å²) in [6.07, 6.45) is 0. The van der Waals surface area contributed by atoms with Crippen LogP contribution in [0.3, 0.4) is 0 Å². The molecule has 1 N–H and O–H groups in total. The van der Waals surface area contributed by atoms with Gasteiger partial charge in [0, 0.05) is 12.6 Å². The first-order valence-corrected chi connectivity index (χ1v) is 8.22. The van der Waals surface area contributed by atoms with Gasteiger partial charge in [-0.1, -0.05) is 30.3 Å². The molecule has 0 fully saturated rings. The number of rotatable bonds is 4. The van der Waals surface area contributed by atoms with E-state index < -0.39 is 21.3 Å². The number of pyridine rings is 1. The molecule has 1 aromatic heterocycles. The van der Waals surface area contributed by atoms with Crippen LogP contribution in [0.25, 0.3) is 0 Å². The Balaban J connectivity index is 2.58. The molecule has 0 aliphatic rings. The van der Waals surface area contributed by atoms with E-state index in [0.29, 0.717) is 5.56 Å². The number of benzene rings is 1. The van der Waals surface area contributed by atoms with Gasteiger partial charge in [0.2, 0.25) is 5.88 Å². The molecule has 5 nitrogen and oxygen atoms in total. The molecule has 0 atom stereocenters. The zero-order chi connectivity index (χ0) is 15.6. The fourth-order valence-corrected chi connectivity index (χ4v) is 4.00. The maximum atomic E-state index is 12.5. The number of hydrogen-bond acceptors (Lipinski definition) is 4. The molecule has 0 saturated heterocycles. The molecule has 2 rings (SSSR count). The molecule has 0 aliphatic heterocycles. The van der Waals surface area contributed by atoms with Gasteiger partial charge in [0.1, 0.15) is 4.90 Å². The first kappa shape index (κ1) is 15.3. The van der Waals surface area contributed by atoms with E-state index in [1.54, 1.807) is 37.3 Å². The van der Waals surface area contributed by atoms with Crippen molar-refractivity contribution in [3.05, 3.63) is 57.9 Å². The van der Waals surface area contributed by atoms with E-state index in [4.69, 9.17) is 0 Å². The van der Waals surface area contributed by atoms with Gasteiger partial charge >= 0.3 is 0 Å². The van der Waals surface area contributed by atoms with E-state index in [0.717, 1.165) is 4.57 Å². The van der Waals surface area contributed by atoms with Crippen molar-refractivity contribution >= 4 is 9.84 Å². The lowest BCUT2D eigenvalue weighted by atomic mass is 10.2. The van der Waals surface area contributed by atoms with Gasteiger partial charge in [0.15, 0.2) is 9.84 Å². The van der Waals surface area contributed by atoms with E-state index in [2.05, 4.69) is 0 Å². The average molecular weight is 307 g/mol. The topological polar surface area (TPSA) is 76.4 Å². The maximum absolute atomic E-state index is 12.5. The van der Waals surface area contributed by atoms with Crippen LogP contribution in [0.2, 0.25) is 0 Å². The number of sulfone groups is 1. The van der Waals surface area contributed by atoms with Crippen molar-refractivity contribution in [2.75, 3.05) is 0 Å². The SMILES string of the molecule is CCn1c(O)c(S(=O)(=O)Cc2ccccc2)c(C)cc1=O. The highest BCUT2D eigenvalue weighted by Crippen LogP contribution is 2.27. The van der Waals surface area contributed by atoms with Crippen molar-refractivity contribution in [3.8, 4) is 5.88 Å². The molecule has 0 amide bonds. The second kappa shape index (κ2) is 5.73. The Morgan fingerprint density at radius 3 is 2.38 bits per heavy atom. The van der Waals surface area contributed by atoms with E-state index in [-0.39, 0.29) is 22.8 Å². The molecular formula is C15H17NO4S. The summed E-state index contributed by atoms with van der Waals surface area (Å²) in [7, 11) is -3.73. The molecule has 0 radical (unpaired) electrons. The van der Waals surface area contributed by atoms with Crippen LogP contribution in [-0.4, -0.2) is 18.1 Å². The first-order valence-electron chi connectivity index (χ1n) is 6.57. The molecule has 0 saturated carbocycles. The smallest absolute Gasteiger partial charge is 0.253 e. The van der Waals surface area contributed by atoms with Crippen molar-refractivity contribution in [1.82, 2.24) is 4.57 Å². The number of nitrogens with zero attached hydrogens (tertiary/aromatic N) is 1. The van der Waals surface area contributed by atoms with Gasteiger partial charge in [-0.2, -0.15) is 0 Å². The fraction of sp³-hybridized carbons (Fsp3) is 0.267. The maximum Gasteiger partial charge on any atom is 0.253 e. The third-order valence-electron chi connectivity index (χ3n) is 3.25. The Morgan fingerprint density at radius 1 is 1.19 bits per heavy atom. The number of aromatic nitrogens is 1. The van der Waals surface area contributed by atoms with Gasteiger partial charge in [-0.3, -0.25) is 9.36 Å². The van der Waals surface area contributed by atoms with Crippen LogP contribution >= 0.6 is 0 Å². The van der Waals surface area contributed by atoms with Crippen molar-refractivity contribution in [1.29, 1.82) is 0 Å². The zero-order valence-electron chi connectivity index (χ0n) is 11.9. The second-order valence-corrected chi connectivity index (χ2v) is 6.73. The van der Waals surface area contributed by atoms with Gasteiger partial charge in [0.05, 0.1) is 5.75 Å². The molecule has 1 aromatic carbocycles. The molecule has 2 aromatic rings. The highest BCUT2D eigenvalue weighted by atomic mass is 32.2. The van der Waals surface area contributed by atoms with E-state index in [1.807, 2.05) is 0 Å². The fourth-order valence-electron chi connectivity index (χ4n) is 2.29. The van der Waals surface area contributed by atoms with Crippen LogP contribution in [0.5, 0.6) is 5.88 Å². The summed E-state index contributed by atoms with van der Waals surface area (Å²) >= 11 is 0. The summed E-state index contributed by atoms with van der Waals surface area (Å²) in [6.45, 7) is 3.39. The van der Waals surface area contributed by atoms with Crippen LogP contribution < -0.4 is 5.56 Å². The minimum absolute atomic E-state index is 0.173. The van der Waals surface area contributed by atoms with E-state index >= 15 is 0 Å². The highest BCUT2D eigenvalue weighted by Gasteiger charge is 2.25.